The molecular formula is C31H45N5O3S. The van der Waals surface area contributed by atoms with E-state index in [9.17, 15) is 13.2 Å². The first-order valence-corrected chi connectivity index (χ1v) is 15.5. The number of anilines is 1. The number of allylic oxidation sites excluding steroid dienone is 4. The van der Waals surface area contributed by atoms with E-state index in [1.807, 2.05) is 18.7 Å². The van der Waals surface area contributed by atoms with Crippen LogP contribution in [0, 0.1) is 5.92 Å². The molecule has 0 saturated carbocycles. The number of hydrogen-bond donors (Lipinski definition) is 2. The fraction of sp³-hybridized carbons (Fsp3) is 0.452. The number of carbonyl (C=O) groups is 1. The molecule has 2 heterocycles. The Morgan fingerprint density at radius 2 is 1.90 bits per heavy atom. The third-order valence-corrected chi connectivity index (χ3v) is 8.87. The number of nitrogens with one attached hydrogen (secondary N) is 2. The summed E-state index contributed by atoms with van der Waals surface area (Å²) < 4.78 is 28.2. The van der Waals surface area contributed by atoms with Crippen molar-refractivity contribution >= 4 is 21.8 Å². The summed E-state index contributed by atoms with van der Waals surface area (Å²) in [6.07, 6.45) is 13.2. The Morgan fingerprint density at radius 3 is 2.55 bits per heavy atom. The minimum atomic E-state index is -3.39. The lowest BCUT2D eigenvalue weighted by Gasteiger charge is -2.40. The quantitative estimate of drug-likeness (QED) is 0.306. The zero-order chi connectivity index (χ0) is 29.1. The molecule has 1 aromatic carbocycles. The van der Waals surface area contributed by atoms with Gasteiger partial charge in [0.1, 0.15) is 0 Å². The molecule has 0 unspecified atom stereocenters. The normalized spacial score (nSPS) is 17.4. The van der Waals surface area contributed by atoms with Crippen LogP contribution in [0.4, 0.5) is 5.69 Å². The lowest BCUT2D eigenvalue weighted by atomic mass is 9.95. The zero-order valence-corrected chi connectivity index (χ0v) is 25.0. The third-order valence-electron chi connectivity index (χ3n) is 7.31. The highest BCUT2D eigenvalue weighted by Crippen LogP contribution is 2.23. The van der Waals surface area contributed by atoms with Crippen LogP contribution >= 0.6 is 0 Å². The maximum Gasteiger partial charge on any atom is 0.279 e. The molecule has 0 radical (unpaired) electrons. The van der Waals surface area contributed by atoms with E-state index >= 15 is 0 Å². The molecule has 0 bridgehead atoms. The summed E-state index contributed by atoms with van der Waals surface area (Å²) in [6, 6.07) is 8.30. The molecule has 3 rings (SSSR count). The minimum absolute atomic E-state index is 0.0210. The van der Waals surface area contributed by atoms with E-state index in [0.29, 0.717) is 19.0 Å². The van der Waals surface area contributed by atoms with Gasteiger partial charge in [-0.2, -0.15) is 12.7 Å². The molecule has 2 aliphatic rings. The number of likely N-dealkylation sites (tertiary alicyclic amines) is 1. The van der Waals surface area contributed by atoms with Gasteiger partial charge in [0.05, 0.1) is 0 Å². The van der Waals surface area contributed by atoms with Crippen LogP contribution in [0.3, 0.4) is 0 Å². The molecule has 0 atom stereocenters. The molecule has 1 saturated heterocycles. The summed E-state index contributed by atoms with van der Waals surface area (Å²) in [4.78, 5) is 15.8. The first kappa shape index (κ1) is 31.4. The molecule has 8 nitrogen and oxygen atoms in total. The Labute approximate surface area is 241 Å². The van der Waals surface area contributed by atoms with Gasteiger partial charge in [0, 0.05) is 63.4 Å². The Morgan fingerprint density at radius 1 is 1.18 bits per heavy atom. The average Bonchev–Trinajstić information content (AvgIpc) is 2.92. The van der Waals surface area contributed by atoms with E-state index in [0.717, 1.165) is 68.9 Å². The number of amides is 1. The summed E-state index contributed by atoms with van der Waals surface area (Å²) in [5.41, 5.74) is 5.48. The van der Waals surface area contributed by atoms with Gasteiger partial charge in [-0.3, -0.25) is 4.79 Å². The van der Waals surface area contributed by atoms with E-state index in [-0.39, 0.29) is 5.91 Å². The highest BCUT2D eigenvalue weighted by Gasteiger charge is 2.29. The van der Waals surface area contributed by atoms with Crippen LogP contribution in [-0.2, 0) is 21.4 Å². The molecular weight excluding hydrogens is 522 g/mol. The molecule has 2 aliphatic heterocycles. The van der Waals surface area contributed by atoms with Crippen molar-refractivity contribution in [1.29, 1.82) is 0 Å². The van der Waals surface area contributed by atoms with Crippen LogP contribution in [0.1, 0.15) is 38.7 Å². The van der Waals surface area contributed by atoms with Crippen molar-refractivity contribution in [3.63, 3.8) is 0 Å². The number of rotatable bonds is 15. The molecule has 218 valence electrons. The van der Waals surface area contributed by atoms with Gasteiger partial charge >= 0.3 is 0 Å². The van der Waals surface area contributed by atoms with Gasteiger partial charge in [0.25, 0.3) is 10.2 Å². The first-order chi connectivity index (χ1) is 19.1. The lowest BCUT2D eigenvalue weighted by molar-refractivity contribution is -0.132. The molecule has 0 spiro atoms. The topological polar surface area (TPSA) is 85.0 Å². The minimum Gasteiger partial charge on any atom is -0.368 e. The van der Waals surface area contributed by atoms with E-state index < -0.39 is 10.2 Å². The highest BCUT2D eigenvalue weighted by atomic mass is 32.2. The van der Waals surface area contributed by atoms with Crippen molar-refractivity contribution < 1.29 is 13.2 Å². The maximum atomic E-state index is 12.1. The number of benzene rings is 1. The van der Waals surface area contributed by atoms with Crippen molar-refractivity contribution in [2.24, 2.45) is 5.92 Å². The van der Waals surface area contributed by atoms with Crippen LogP contribution in [0.25, 0.3) is 0 Å². The molecule has 0 aromatic heterocycles. The summed E-state index contributed by atoms with van der Waals surface area (Å²) >= 11 is 0. The van der Waals surface area contributed by atoms with Gasteiger partial charge in [-0.1, -0.05) is 44.4 Å². The summed E-state index contributed by atoms with van der Waals surface area (Å²) in [6.45, 7) is 16.2. The van der Waals surface area contributed by atoms with Crippen LogP contribution in [0.5, 0.6) is 0 Å². The van der Waals surface area contributed by atoms with Crippen LogP contribution in [-0.4, -0.2) is 74.7 Å². The summed E-state index contributed by atoms with van der Waals surface area (Å²) in [7, 11) is -1.94. The van der Waals surface area contributed by atoms with E-state index in [4.69, 9.17) is 0 Å². The monoisotopic (exact) mass is 567 g/mol. The molecule has 1 fully saturated rings. The predicted octanol–water partition coefficient (Wildman–Crippen LogP) is 4.46. The predicted molar refractivity (Wildman–Crippen MR) is 165 cm³/mol. The highest BCUT2D eigenvalue weighted by molar-refractivity contribution is 7.87. The smallest absolute Gasteiger partial charge is 0.279 e. The fourth-order valence-corrected chi connectivity index (χ4v) is 5.91. The second kappa shape index (κ2) is 15.0. The number of carbonyl (C=O) groups excluding carboxylic acids is 1. The van der Waals surface area contributed by atoms with Crippen molar-refractivity contribution in [3.8, 4) is 0 Å². The average molecular weight is 568 g/mol. The zero-order valence-electron chi connectivity index (χ0n) is 24.2. The maximum absolute atomic E-state index is 12.1. The van der Waals surface area contributed by atoms with E-state index in [1.54, 1.807) is 0 Å². The second-order valence-corrected chi connectivity index (χ2v) is 12.3. The van der Waals surface area contributed by atoms with Gasteiger partial charge in [-0.25, -0.2) is 4.72 Å². The largest absolute Gasteiger partial charge is 0.368 e. The van der Waals surface area contributed by atoms with E-state index in [2.05, 4.69) is 76.7 Å². The standard InChI is InChI=1S/C31H45N5O3S/c1-6-19-36(40(38,39)32-5)20-8-9-27-14-16-30(17-15-27)33-25(3)10-12-28-13-11-26(4)34(22-28)21-18-29-23-35(24-29)31(37)7-2/h7,10-17,29,32-33H,2,4,6,8-9,18-24H2,1,3,5H3/b25-10+,28-12-. The first-order valence-electron chi connectivity index (χ1n) is 14.1. The fourth-order valence-electron chi connectivity index (χ4n) is 4.86. The molecule has 9 heteroatoms. The molecule has 1 amide bonds. The summed E-state index contributed by atoms with van der Waals surface area (Å²) in [5, 5.41) is 3.45. The Kier molecular flexibility index (Phi) is 11.8. The number of hydrogen-bond acceptors (Lipinski definition) is 5. The van der Waals surface area contributed by atoms with Crippen molar-refractivity contribution in [2.45, 2.75) is 39.5 Å². The molecule has 40 heavy (non-hydrogen) atoms. The van der Waals surface area contributed by atoms with Crippen molar-refractivity contribution in [1.82, 2.24) is 18.8 Å². The van der Waals surface area contributed by atoms with Gasteiger partial charge < -0.3 is 15.1 Å². The molecule has 2 N–H and O–H groups in total. The van der Waals surface area contributed by atoms with Crippen molar-refractivity contribution in [3.05, 3.63) is 90.3 Å². The van der Waals surface area contributed by atoms with Gasteiger partial charge in [-0.15, -0.1) is 0 Å². The summed E-state index contributed by atoms with van der Waals surface area (Å²) in [5.74, 6) is 0.561. The Balaban J connectivity index is 1.45. The van der Waals surface area contributed by atoms with Crippen LogP contribution in [0.15, 0.2) is 84.8 Å². The van der Waals surface area contributed by atoms with Gasteiger partial charge in [0.2, 0.25) is 5.91 Å². The third kappa shape index (κ3) is 9.21. The number of aryl methyl sites for hydroxylation is 1. The number of nitrogens with zero attached hydrogens (tertiary/aromatic N) is 3. The van der Waals surface area contributed by atoms with Crippen molar-refractivity contribution in [2.75, 3.05) is 51.6 Å². The van der Waals surface area contributed by atoms with Crippen LogP contribution in [0.2, 0.25) is 0 Å². The molecule has 1 aromatic rings. The Bertz CT molecular complexity index is 1230. The second-order valence-electron chi connectivity index (χ2n) is 10.5. The molecule has 0 aliphatic carbocycles. The van der Waals surface area contributed by atoms with Crippen LogP contribution < -0.4 is 10.0 Å². The van der Waals surface area contributed by atoms with Gasteiger partial charge in [-0.05, 0) is 80.0 Å². The SMILES string of the molecule is C=CC(=O)N1CC(CCN2C/C(=C\C=C(/C)Nc3ccc(CCCN(CCC)S(=O)(=O)NC)cc3)C=CC2=C)C1. The Hall–Kier alpha value is -3.14. The lowest BCUT2D eigenvalue weighted by Crippen LogP contribution is -2.50. The van der Waals surface area contributed by atoms with Gasteiger partial charge in [0.15, 0.2) is 0 Å². The van der Waals surface area contributed by atoms with E-state index in [1.165, 1.54) is 28.6 Å².